The van der Waals surface area contributed by atoms with Crippen LogP contribution in [0.15, 0.2) is 36.1 Å². The van der Waals surface area contributed by atoms with Crippen LogP contribution in [0, 0.1) is 11.3 Å². The molecule has 0 aromatic heterocycles. The van der Waals surface area contributed by atoms with E-state index in [1.54, 1.807) is 0 Å². The monoisotopic (exact) mass is 175 g/mol. The molecule has 0 radical (unpaired) electrons. The summed E-state index contributed by atoms with van der Waals surface area (Å²) in [4.78, 5) is 0. The quantitative estimate of drug-likeness (QED) is 0.597. The Bertz CT molecular complexity index is 289. The van der Waals surface area contributed by atoms with Crippen LogP contribution in [-0.4, -0.2) is 6.04 Å². The molecule has 0 bridgehead atoms. The van der Waals surface area contributed by atoms with E-state index in [-0.39, 0.29) is 5.41 Å². The summed E-state index contributed by atoms with van der Waals surface area (Å²) in [6.45, 7) is 6.82. The van der Waals surface area contributed by atoms with Crippen LogP contribution >= 0.6 is 0 Å². The lowest BCUT2D eigenvalue weighted by Crippen LogP contribution is -2.27. The largest absolute Gasteiger partial charge is 0.384 e. The predicted molar refractivity (Wildman–Crippen MR) is 56.2 cm³/mol. The maximum Gasteiger partial charge on any atom is 0.0543 e. The lowest BCUT2D eigenvalue weighted by Gasteiger charge is -2.27. The van der Waals surface area contributed by atoms with Gasteiger partial charge in [-0.2, -0.15) is 0 Å². The van der Waals surface area contributed by atoms with E-state index in [2.05, 4.69) is 56.6 Å². The van der Waals surface area contributed by atoms with Crippen LogP contribution in [0.2, 0.25) is 0 Å². The summed E-state index contributed by atoms with van der Waals surface area (Å²) in [6, 6.07) is 0.499. The average Bonchev–Trinajstić information content (AvgIpc) is 2.45. The van der Waals surface area contributed by atoms with Gasteiger partial charge in [0.05, 0.1) is 6.04 Å². The molecule has 0 spiro atoms. The number of rotatable bonds is 0. The summed E-state index contributed by atoms with van der Waals surface area (Å²) in [5.41, 5.74) is 1.79. The van der Waals surface area contributed by atoms with Gasteiger partial charge in [-0.05, 0) is 17.2 Å². The average molecular weight is 175 g/mol. The molecule has 0 amide bonds. The molecule has 1 aliphatic carbocycles. The molecule has 0 saturated heterocycles. The Labute approximate surface area is 80.2 Å². The number of hydrogen-bond donors (Lipinski definition) is 1. The van der Waals surface area contributed by atoms with Crippen LogP contribution in [0.25, 0.3) is 0 Å². The Morgan fingerprint density at radius 3 is 2.54 bits per heavy atom. The van der Waals surface area contributed by atoms with Crippen molar-refractivity contribution in [1.82, 2.24) is 5.32 Å². The lowest BCUT2D eigenvalue weighted by molar-refractivity contribution is 0.451. The first-order valence-corrected chi connectivity index (χ1v) is 4.90. The van der Waals surface area contributed by atoms with Crippen LogP contribution in [0.4, 0.5) is 0 Å². The molecular weight excluding hydrogens is 158 g/mol. The minimum atomic E-state index is 0.280. The number of hydrogen-bond acceptors (Lipinski definition) is 1. The summed E-state index contributed by atoms with van der Waals surface area (Å²) in [5, 5.41) is 3.42. The van der Waals surface area contributed by atoms with Crippen molar-refractivity contribution >= 4 is 0 Å². The first-order valence-electron chi connectivity index (χ1n) is 4.90. The molecule has 0 aromatic rings. The van der Waals surface area contributed by atoms with Gasteiger partial charge in [0, 0.05) is 5.92 Å². The highest BCUT2D eigenvalue weighted by Gasteiger charge is 2.33. The van der Waals surface area contributed by atoms with E-state index in [1.165, 1.54) is 5.57 Å². The van der Waals surface area contributed by atoms with Gasteiger partial charge in [0.1, 0.15) is 0 Å². The highest BCUT2D eigenvalue weighted by molar-refractivity contribution is 5.33. The third-order valence-electron chi connectivity index (χ3n) is 2.79. The van der Waals surface area contributed by atoms with Gasteiger partial charge < -0.3 is 5.32 Å². The standard InChI is InChI=1S/C12H17N/c1-12(2,3)10-8-13-11-7-5-4-6-9(10)11/h4-9,11,13H,1-3H3. The van der Waals surface area contributed by atoms with Gasteiger partial charge >= 0.3 is 0 Å². The second-order valence-electron chi connectivity index (χ2n) is 4.84. The Hall–Kier alpha value is -0.980. The molecule has 2 atom stereocenters. The van der Waals surface area contributed by atoms with E-state index in [0.29, 0.717) is 12.0 Å². The second-order valence-corrected chi connectivity index (χ2v) is 4.84. The van der Waals surface area contributed by atoms with Crippen molar-refractivity contribution in [2.75, 3.05) is 0 Å². The molecule has 0 fully saturated rings. The van der Waals surface area contributed by atoms with Gasteiger partial charge in [0.2, 0.25) is 0 Å². The van der Waals surface area contributed by atoms with Crippen LogP contribution in [0.1, 0.15) is 20.8 Å². The van der Waals surface area contributed by atoms with Gasteiger partial charge in [0.15, 0.2) is 0 Å². The summed E-state index contributed by atoms with van der Waals surface area (Å²) < 4.78 is 0. The van der Waals surface area contributed by atoms with Gasteiger partial charge in [-0.3, -0.25) is 0 Å². The molecular formula is C12H17N. The highest BCUT2D eigenvalue weighted by atomic mass is 14.9. The maximum atomic E-state index is 3.42. The zero-order valence-electron chi connectivity index (χ0n) is 8.54. The Morgan fingerprint density at radius 2 is 1.85 bits per heavy atom. The molecule has 1 heteroatoms. The van der Waals surface area contributed by atoms with Crippen molar-refractivity contribution in [2.24, 2.45) is 11.3 Å². The van der Waals surface area contributed by atoms with Gasteiger partial charge in [-0.1, -0.05) is 45.1 Å². The molecule has 1 heterocycles. The Kier molecular flexibility index (Phi) is 1.83. The second kappa shape index (κ2) is 2.76. The molecule has 13 heavy (non-hydrogen) atoms. The van der Waals surface area contributed by atoms with Crippen molar-refractivity contribution < 1.29 is 0 Å². The smallest absolute Gasteiger partial charge is 0.0543 e. The molecule has 70 valence electrons. The minimum Gasteiger partial charge on any atom is -0.384 e. The normalized spacial score (nSPS) is 31.2. The van der Waals surface area contributed by atoms with Crippen molar-refractivity contribution in [3.63, 3.8) is 0 Å². The molecule has 1 aliphatic heterocycles. The third-order valence-corrected chi connectivity index (χ3v) is 2.79. The van der Waals surface area contributed by atoms with Gasteiger partial charge in [-0.25, -0.2) is 0 Å². The fourth-order valence-electron chi connectivity index (χ4n) is 2.06. The van der Waals surface area contributed by atoms with Crippen molar-refractivity contribution in [3.8, 4) is 0 Å². The van der Waals surface area contributed by atoms with E-state index < -0.39 is 0 Å². The van der Waals surface area contributed by atoms with Crippen molar-refractivity contribution in [2.45, 2.75) is 26.8 Å². The van der Waals surface area contributed by atoms with Gasteiger partial charge in [-0.15, -0.1) is 0 Å². The zero-order valence-corrected chi connectivity index (χ0v) is 8.54. The fraction of sp³-hybridized carbons (Fsp3) is 0.500. The van der Waals surface area contributed by atoms with E-state index in [4.69, 9.17) is 0 Å². The third kappa shape index (κ3) is 1.43. The van der Waals surface area contributed by atoms with E-state index in [9.17, 15) is 0 Å². The van der Waals surface area contributed by atoms with Crippen LogP contribution in [-0.2, 0) is 0 Å². The molecule has 2 unspecified atom stereocenters. The van der Waals surface area contributed by atoms with Crippen LogP contribution < -0.4 is 5.32 Å². The van der Waals surface area contributed by atoms with Crippen molar-refractivity contribution in [1.29, 1.82) is 0 Å². The first-order chi connectivity index (χ1) is 6.09. The minimum absolute atomic E-state index is 0.280. The Morgan fingerprint density at radius 1 is 1.15 bits per heavy atom. The Balaban J connectivity index is 2.25. The molecule has 0 saturated carbocycles. The summed E-state index contributed by atoms with van der Waals surface area (Å²) in [6.07, 6.45) is 11.0. The first kappa shape index (κ1) is 8.61. The molecule has 1 nitrogen and oxygen atoms in total. The van der Waals surface area contributed by atoms with Crippen LogP contribution in [0.5, 0.6) is 0 Å². The summed E-state index contributed by atoms with van der Waals surface area (Å²) >= 11 is 0. The molecule has 1 N–H and O–H groups in total. The lowest BCUT2D eigenvalue weighted by atomic mass is 9.77. The zero-order chi connectivity index (χ0) is 9.47. The maximum absolute atomic E-state index is 3.42. The topological polar surface area (TPSA) is 12.0 Å². The summed E-state index contributed by atoms with van der Waals surface area (Å²) in [7, 11) is 0. The number of nitrogens with one attached hydrogen (secondary N) is 1. The fourth-order valence-corrected chi connectivity index (χ4v) is 2.06. The van der Waals surface area contributed by atoms with E-state index in [0.717, 1.165) is 0 Å². The van der Waals surface area contributed by atoms with Gasteiger partial charge in [0.25, 0.3) is 0 Å². The number of fused-ring (bicyclic) bond motifs is 1. The van der Waals surface area contributed by atoms with E-state index in [1.807, 2.05) is 0 Å². The highest BCUT2D eigenvalue weighted by Crippen LogP contribution is 2.38. The predicted octanol–water partition coefficient (Wildman–Crippen LogP) is 2.63. The molecule has 0 aromatic carbocycles. The number of allylic oxidation sites excluding steroid dienone is 2. The van der Waals surface area contributed by atoms with Crippen LogP contribution in [0.3, 0.4) is 0 Å². The van der Waals surface area contributed by atoms with Crippen molar-refractivity contribution in [3.05, 3.63) is 36.1 Å². The van der Waals surface area contributed by atoms with E-state index >= 15 is 0 Å². The SMILES string of the molecule is CC(C)(C)C1=CNC2C=CC=CC12. The molecule has 2 aliphatic rings. The summed E-state index contributed by atoms with van der Waals surface area (Å²) in [5.74, 6) is 0.574. The molecule has 2 rings (SSSR count).